The zero-order valence-corrected chi connectivity index (χ0v) is 12.3. The lowest BCUT2D eigenvalue weighted by Crippen LogP contribution is -2.18. The molecular weight excluding hydrogens is 268 g/mol. The van der Waals surface area contributed by atoms with Crippen LogP contribution >= 0.6 is 0 Å². The van der Waals surface area contributed by atoms with E-state index >= 15 is 0 Å². The van der Waals surface area contributed by atoms with Crippen LogP contribution in [0.3, 0.4) is 0 Å². The molecule has 0 unspecified atom stereocenters. The average Bonchev–Trinajstić information content (AvgIpc) is 2.63. The number of nitrogens with one attached hydrogen (secondary N) is 1. The summed E-state index contributed by atoms with van der Waals surface area (Å²) in [4.78, 5) is 23.4. The van der Waals surface area contributed by atoms with E-state index in [4.69, 9.17) is 0 Å². The van der Waals surface area contributed by atoms with Gasteiger partial charge in [-0.1, -0.05) is 12.1 Å². The lowest BCUT2D eigenvalue weighted by atomic mass is 10.1. The number of aromatic nitrogens is 1. The third kappa shape index (κ3) is 3.31. The van der Waals surface area contributed by atoms with Gasteiger partial charge < -0.3 is 15.0 Å². The Labute approximate surface area is 123 Å². The summed E-state index contributed by atoms with van der Waals surface area (Å²) < 4.78 is 1.69. The van der Waals surface area contributed by atoms with Crippen LogP contribution in [-0.2, 0) is 18.3 Å². The molecule has 0 radical (unpaired) electrons. The molecule has 0 aliphatic carbocycles. The van der Waals surface area contributed by atoms with E-state index in [9.17, 15) is 14.7 Å². The number of carbonyl (C=O) groups is 2. The zero-order chi connectivity index (χ0) is 15.6. The van der Waals surface area contributed by atoms with Crippen molar-refractivity contribution in [2.24, 2.45) is 7.05 Å². The van der Waals surface area contributed by atoms with Gasteiger partial charge in [0.15, 0.2) is 0 Å². The number of amides is 1. The maximum Gasteiger partial charge on any atom is 0.337 e. The van der Waals surface area contributed by atoms with Gasteiger partial charge in [-0.05, 0) is 37.1 Å². The molecule has 1 aromatic heterocycles. The highest BCUT2D eigenvalue weighted by atomic mass is 16.4. The van der Waals surface area contributed by atoms with Crippen LogP contribution in [0, 0.1) is 13.8 Å². The van der Waals surface area contributed by atoms with E-state index in [-0.39, 0.29) is 17.9 Å². The van der Waals surface area contributed by atoms with Gasteiger partial charge in [0.1, 0.15) is 0 Å². The Kier molecular flexibility index (Phi) is 4.12. The van der Waals surface area contributed by atoms with Crippen LogP contribution in [-0.4, -0.2) is 21.6 Å². The first-order valence-electron chi connectivity index (χ1n) is 6.63. The van der Waals surface area contributed by atoms with Gasteiger partial charge in [0, 0.05) is 24.6 Å². The summed E-state index contributed by atoms with van der Waals surface area (Å²) in [6.45, 7) is 3.67. The van der Waals surface area contributed by atoms with E-state index in [1.54, 1.807) is 30.8 Å². The molecule has 5 heteroatoms. The van der Waals surface area contributed by atoms with Gasteiger partial charge in [0.2, 0.25) is 5.91 Å². The van der Waals surface area contributed by atoms with Gasteiger partial charge in [-0.15, -0.1) is 0 Å². The topological polar surface area (TPSA) is 71.3 Å². The van der Waals surface area contributed by atoms with E-state index in [0.717, 1.165) is 5.56 Å². The number of nitrogens with zero attached hydrogens (tertiary/aromatic N) is 1. The van der Waals surface area contributed by atoms with Gasteiger partial charge in [-0.25, -0.2) is 4.79 Å². The molecule has 1 heterocycles. The van der Waals surface area contributed by atoms with Crippen LogP contribution in [0.5, 0.6) is 0 Å². The molecule has 1 amide bonds. The van der Waals surface area contributed by atoms with Gasteiger partial charge in [0.05, 0.1) is 12.0 Å². The highest BCUT2D eigenvalue weighted by Crippen LogP contribution is 2.18. The van der Waals surface area contributed by atoms with E-state index in [0.29, 0.717) is 16.9 Å². The number of carbonyl (C=O) groups excluding carboxylic acids is 1. The SMILES string of the molecule is Cc1cccc(NC(=O)Cc2c(C(=O)O)c(C)cn2C)c1. The molecule has 110 valence electrons. The molecule has 0 bridgehead atoms. The van der Waals surface area contributed by atoms with Gasteiger partial charge in [0.25, 0.3) is 0 Å². The summed E-state index contributed by atoms with van der Waals surface area (Å²) in [5.74, 6) is -1.24. The number of rotatable bonds is 4. The molecule has 1 aromatic carbocycles. The Bertz CT molecular complexity index is 702. The lowest BCUT2D eigenvalue weighted by Gasteiger charge is -2.08. The Balaban J connectivity index is 2.19. The van der Waals surface area contributed by atoms with E-state index in [1.165, 1.54) is 0 Å². The van der Waals surface area contributed by atoms with Crippen LogP contribution in [0.2, 0.25) is 0 Å². The van der Waals surface area contributed by atoms with Crippen molar-refractivity contribution in [2.45, 2.75) is 20.3 Å². The minimum Gasteiger partial charge on any atom is -0.478 e. The largest absolute Gasteiger partial charge is 0.478 e. The standard InChI is InChI=1S/C16H18N2O3/c1-10-5-4-6-12(7-10)17-14(19)8-13-15(16(20)21)11(2)9-18(13)3/h4-7,9H,8H2,1-3H3,(H,17,19)(H,20,21). The summed E-state index contributed by atoms with van der Waals surface area (Å²) in [6, 6.07) is 7.48. The first-order valence-corrected chi connectivity index (χ1v) is 6.63. The molecule has 0 atom stereocenters. The van der Waals surface area contributed by atoms with Crippen LogP contribution in [0.4, 0.5) is 5.69 Å². The molecule has 2 aromatic rings. The second-order valence-electron chi connectivity index (χ2n) is 5.14. The number of hydrogen-bond acceptors (Lipinski definition) is 2. The fourth-order valence-corrected chi connectivity index (χ4v) is 2.42. The molecular formula is C16H18N2O3. The van der Waals surface area contributed by atoms with Crippen LogP contribution in [0.1, 0.15) is 27.2 Å². The molecule has 0 spiro atoms. The van der Waals surface area contributed by atoms with Gasteiger partial charge in [-0.3, -0.25) is 4.79 Å². The highest BCUT2D eigenvalue weighted by molar-refractivity contribution is 5.96. The summed E-state index contributed by atoms with van der Waals surface area (Å²) in [6.07, 6.45) is 1.75. The van der Waals surface area contributed by atoms with E-state index in [2.05, 4.69) is 5.32 Å². The van der Waals surface area contributed by atoms with Crippen LogP contribution in [0.25, 0.3) is 0 Å². The molecule has 0 fully saturated rings. The van der Waals surface area contributed by atoms with Crippen molar-refractivity contribution in [3.8, 4) is 0 Å². The van der Waals surface area contributed by atoms with Gasteiger partial charge in [-0.2, -0.15) is 0 Å². The average molecular weight is 286 g/mol. The molecule has 2 rings (SSSR count). The number of aryl methyl sites for hydroxylation is 3. The third-order valence-corrected chi connectivity index (χ3v) is 3.34. The minimum absolute atomic E-state index is 0.0277. The normalized spacial score (nSPS) is 10.4. The minimum atomic E-state index is -1.01. The number of aromatic carboxylic acids is 1. The Morgan fingerprint density at radius 2 is 2.00 bits per heavy atom. The Morgan fingerprint density at radius 3 is 2.62 bits per heavy atom. The molecule has 21 heavy (non-hydrogen) atoms. The van der Waals surface area contributed by atoms with Crippen molar-refractivity contribution in [1.29, 1.82) is 0 Å². The predicted molar refractivity (Wildman–Crippen MR) is 80.6 cm³/mol. The van der Waals surface area contributed by atoms with Crippen LogP contribution < -0.4 is 5.32 Å². The van der Waals surface area contributed by atoms with E-state index in [1.807, 2.05) is 25.1 Å². The quantitative estimate of drug-likeness (QED) is 0.907. The van der Waals surface area contributed by atoms with Gasteiger partial charge >= 0.3 is 5.97 Å². The molecule has 0 saturated heterocycles. The number of carboxylic acid groups (broad SMARTS) is 1. The van der Waals surface area contributed by atoms with Crippen molar-refractivity contribution in [3.63, 3.8) is 0 Å². The molecule has 5 nitrogen and oxygen atoms in total. The molecule has 2 N–H and O–H groups in total. The number of carboxylic acids is 1. The first-order chi connectivity index (χ1) is 9.88. The smallest absolute Gasteiger partial charge is 0.337 e. The maximum atomic E-state index is 12.1. The second kappa shape index (κ2) is 5.83. The third-order valence-electron chi connectivity index (χ3n) is 3.34. The first kappa shape index (κ1) is 14.8. The fraction of sp³-hybridized carbons (Fsp3) is 0.250. The van der Waals surface area contributed by atoms with Crippen molar-refractivity contribution in [3.05, 3.63) is 52.8 Å². The van der Waals surface area contributed by atoms with Crippen LogP contribution in [0.15, 0.2) is 30.5 Å². The Hall–Kier alpha value is -2.56. The fourth-order valence-electron chi connectivity index (χ4n) is 2.42. The maximum absolute atomic E-state index is 12.1. The predicted octanol–water partition coefficient (Wildman–Crippen LogP) is 2.52. The van der Waals surface area contributed by atoms with Crippen molar-refractivity contribution in [2.75, 3.05) is 5.32 Å². The number of benzene rings is 1. The Morgan fingerprint density at radius 1 is 1.29 bits per heavy atom. The second-order valence-corrected chi connectivity index (χ2v) is 5.14. The summed E-state index contributed by atoms with van der Waals surface area (Å²) >= 11 is 0. The zero-order valence-electron chi connectivity index (χ0n) is 12.3. The monoisotopic (exact) mass is 286 g/mol. The summed E-state index contributed by atoms with van der Waals surface area (Å²) in [5, 5.41) is 12.0. The number of anilines is 1. The highest BCUT2D eigenvalue weighted by Gasteiger charge is 2.19. The lowest BCUT2D eigenvalue weighted by molar-refractivity contribution is -0.115. The molecule has 0 aliphatic rings. The summed E-state index contributed by atoms with van der Waals surface area (Å²) in [5.41, 5.74) is 3.13. The van der Waals surface area contributed by atoms with Crippen molar-refractivity contribution < 1.29 is 14.7 Å². The van der Waals surface area contributed by atoms with Crippen molar-refractivity contribution >= 4 is 17.6 Å². The molecule has 0 aliphatic heterocycles. The number of hydrogen-bond donors (Lipinski definition) is 2. The van der Waals surface area contributed by atoms with Crippen molar-refractivity contribution in [1.82, 2.24) is 4.57 Å². The molecule has 0 saturated carbocycles. The summed E-state index contributed by atoms with van der Waals surface area (Å²) in [7, 11) is 1.74. The van der Waals surface area contributed by atoms with E-state index < -0.39 is 5.97 Å².